The molecule has 0 radical (unpaired) electrons. The van der Waals surface area contributed by atoms with Crippen molar-refractivity contribution in [3.63, 3.8) is 0 Å². The summed E-state index contributed by atoms with van der Waals surface area (Å²) >= 11 is 0. The highest BCUT2D eigenvalue weighted by Gasteiger charge is 2.30. The van der Waals surface area contributed by atoms with Gasteiger partial charge in [0.2, 0.25) is 5.91 Å². The van der Waals surface area contributed by atoms with Crippen LogP contribution in [-0.2, 0) is 14.6 Å². The van der Waals surface area contributed by atoms with E-state index >= 15 is 0 Å². The number of nitrogens with zero attached hydrogens (tertiary/aromatic N) is 1. The maximum Gasteiger partial charge on any atom is 0.237 e. The summed E-state index contributed by atoms with van der Waals surface area (Å²) in [6, 6.07) is 0.0492. The van der Waals surface area contributed by atoms with Crippen LogP contribution in [0.2, 0.25) is 0 Å². The first kappa shape index (κ1) is 16.4. The van der Waals surface area contributed by atoms with Crippen molar-refractivity contribution < 1.29 is 13.2 Å². The van der Waals surface area contributed by atoms with E-state index in [-0.39, 0.29) is 23.5 Å². The summed E-state index contributed by atoms with van der Waals surface area (Å²) in [5.74, 6) is 0.104. The average Bonchev–Trinajstić information content (AvgIpc) is 2.30. The molecule has 1 aliphatic heterocycles. The molecule has 19 heavy (non-hydrogen) atoms. The molecule has 1 fully saturated rings. The lowest BCUT2D eigenvalue weighted by molar-refractivity contribution is -0.123. The normalized spacial score (nSPS) is 26.8. The van der Waals surface area contributed by atoms with Gasteiger partial charge in [0.1, 0.15) is 0 Å². The number of hydrogen-bond acceptors (Lipinski definition) is 5. The Labute approximate surface area is 115 Å². The average molecular weight is 291 g/mol. The van der Waals surface area contributed by atoms with Gasteiger partial charge in [0.15, 0.2) is 9.84 Å². The largest absolute Gasteiger partial charge is 0.368 e. The molecule has 0 saturated carbocycles. The molecule has 1 saturated heterocycles. The summed E-state index contributed by atoms with van der Waals surface area (Å²) in [6.45, 7) is 5.10. The predicted molar refractivity (Wildman–Crippen MR) is 75.6 cm³/mol. The molecule has 0 aliphatic carbocycles. The topological polar surface area (TPSA) is 92.5 Å². The molecule has 1 aliphatic rings. The Morgan fingerprint density at radius 2 is 2.16 bits per heavy atom. The molecule has 112 valence electrons. The van der Waals surface area contributed by atoms with E-state index < -0.39 is 15.4 Å². The molecule has 2 unspecified atom stereocenters. The van der Waals surface area contributed by atoms with Gasteiger partial charge in [-0.25, -0.2) is 8.42 Å². The first-order valence-corrected chi connectivity index (χ1v) is 8.45. The SMILES string of the molecule is CNC(C)(CCCN1CCS(=O)(=O)CC1C)C(N)=O. The number of carbonyl (C=O) groups is 1. The monoisotopic (exact) mass is 291 g/mol. The molecule has 6 nitrogen and oxygen atoms in total. The summed E-state index contributed by atoms with van der Waals surface area (Å²) in [4.78, 5) is 13.5. The maximum absolute atomic E-state index is 11.5. The second-order valence-electron chi connectivity index (χ2n) is 5.55. The van der Waals surface area contributed by atoms with Crippen LogP contribution in [0.5, 0.6) is 0 Å². The van der Waals surface area contributed by atoms with E-state index in [2.05, 4.69) is 10.2 Å². The third-order valence-corrected chi connectivity index (χ3v) is 5.82. The molecule has 1 heterocycles. The molecule has 1 rings (SSSR count). The first-order valence-electron chi connectivity index (χ1n) is 6.63. The minimum atomic E-state index is -2.86. The van der Waals surface area contributed by atoms with Gasteiger partial charge < -0.3 is 11.1 Å². The quantitative estimate of drug-likeness (QED) is 0.678. The lowest BCUT2D eigenvalue weighted by Gasteiger charge is -2.34. The number of nitrogens with two attached hydrogens (primary N) is 1. The van der Waals surface area contributed by atoms with E-state index in [1.165, 1.54) is 0 Å². The molecule has 3 N–H and O–H groups in total. The Morgan fingerprint density at radius 3 is 2.63 bits per heavy atom. The molecule has 0 aromatic rings. The molecule has 0 aromatic heterocycles. The number of primary amides is 1. The number of amides is 1. The van der Waals surface area contributed by atoms with Crippen molar-refractivity contribution >= 4 is 15.7 Å². The molecule has 0 aromatic carbocycles. The molecule has 2 atom stereocenters. The Hall–Kier alpha value is -0.660. The van der Waals surface area contributed by atoms with Crippen LogP contribution in [0.3, 0.4) is 0 Å². The Balaban J connectivity index is 2.44. The molecule has 7 heteroatoms. The van der Waals surface area contributed by atoms with Crippen molar-refractivity contribution in [2.24, 2.45) is 5.73 Å². The highest BCUT2D eigenvalue weighted by molar-refractivity contribution is 7.91. The summed E-state index contributed by atoms with van der Waals surface area (Å²) in [7, 11) is -1.14. The zero-order chi connectivity index (χ0) is 14.7. The van der Waals surface area contributed by atoms with Crippen LogP contribution in [0.15, 0.2) is 0 Å². The summed E-state index contributed by atoms with van der Waals surface area (Å²) in [5, 5.41) is 2.95. The van der Waals surface area contributed by atoms with Crippen LogP contribution in [-0.4, -0.2) is 62.4 Å². The van der Waals surface area contributed by atoms with Crippen molar-refractivity contribution in [2.45, 2.75) is 38.3 Å². The van der Waals surface area contributed by atoms with Gasteiger partial charge in [0, 0.05) is 12.6 Å². The van der Waals surface area contributed by atoms with Crippen LogP contribution in [0.1, 0.15) is 26.7 Å². The van der Waals surface area contributed by atoms with Crippen LogP contribution >= 0.6 is 0 Å². The maximum atomic E-state index is 11.5. The zero-order valence-electron chi connectivity index (χ0n) is 12.0. The molecule has 1 amide bonds. The minimum absolute atomic E-state index is 0.0492. The van der Waals surface area contributed by atoms with Crippen molar-refractivity contribution in [1.82, 2.24) is 10.2 Å². The van der Waals surface area contributed by atoms with Crippen LogP contribution in [0.4, 0.5) is 0 Å². The third kappa shape index (κ3) is 4.43. The second kappa shape index (κ2) is 6.19. The molecular weight excluding hydrogens is 266 g/mol. The fourth-order valence-electron chi connectivity index (χ4n) is 2.37. The fraction of sp³-hybridized carbons (Fsp3) is 0.917. The zero-order valence-corrected chi connectivity index (χ0v) is 12.8. The van der Waals surface area contributed by atoms with Gasteiger partial charge >= 0.3 is 0 Å². The van der Waals surface area contributed by atoms with Gasteiger partial charge in [-0.3, -0.25) is 9.69 Å². The van der Waals surface area contributed by atoms with E-state index in [0.717, 1.165) is 13.0 Å². The summed E-state index contributed by atoms with van der Waals surface area (Å²) < 4.78 is 23.0. The van der Waals surface area contributed by atoms with E-state index in [0.29, 0.717) is 13.0 Å². The molecule has 0 bridgehead atoms. The van der Waals surface area contributed by atoms with Crippen molar-refractivity contribution in [3.05, 3.63) is 0 Å². The fourth-order valence-corrected chi connectivity index (χ4v) is 4.00. The van der Waals surface area contributed by atoms with Crippen LogP contribution in [0, 0.1) is 0 Å². The number of nitrogens with one attached hydrogen (secondary N) is 1. The third-order valence-electron chi connectivity index (χ3n) is 4.03. The van der Waals surface area contributed by atoms with E-state index in [1.807, 2.05) is 6.92 Å². The van der Waals surface area contributed by atoms with E-state index in [4.69, 9.17) is 5.73 Å². The van der Waals surface area contributed by atoms with Crippen LogP contribution < -0.4 is 11.1 Å². The van der Waals surface area contributed by atoms with E-state index in [9.17, 15) is 13.2 Å². The predicted octanol–water partition coefficient (Wildman–Crippen LogP) is -0.651. The van der Waals surface area contributed by atoms with Gasteiger partial charge in [-0.2, -0.15) is 0 Å². The summed E-state index contributed by atoms with van der Waals surface area (Å²) in [5.41, 5.74) is 4.68. The molecule has 0 spiro atoms. The van der Waals surface area contributed by atoms with Gasteiger partial charge in [0.25, 0.3) is 0 Å². The van der Waals surface area contributed by atoms with E-state index in [1.54, 1.807) is 14.0 Å². The Kier molecular flexibility index (Phi) is 5.34. The lowest BCUT2D eigenvalue weighted by atomic mass is 9.95. The number of carbonyl (C=O) groups excluding carboxylic acids is 1. The highest BCUT2D eigenvalue weighted by atomic mass is 32.2. The van der Waals surface area contributed by atoms with Crippen molar-refractivity contribution in [3.8, 4) is 0 Å². The van der Waals surface area contributed by atoms with Gasteiger partial charge in [0.05, 0.1) is 17.0 Å². The summed E-state index contributed by atoms with van der Waals surface area (Å²) in [6.07, 6.45) is 1.46. The van der Waals surface area contributed by atoms with Crippen LogP contribution in [0.25, 0.3) is 0 Å². The highest BCUT2D eigenvalue weighted by Crippen LogP contribution is 2.15. The lowest BCUT2D eigenvalue weighted by Crippen LogP contribution is -2.52. The standard InChI is InChI=1S/C12H25N3O3S/c1-10-9-19(17,18)8-7-15(10)6-4-5-12(2,14-3)11(13)16/h10,14H,4-9H2,1-3H3,(H2,13,16). The number of sulfone groups is 1. The smallest absolute Gasteiger partial charge is 0.237 e. The number of hydrogen-bond donors (Lipinski definition) is 2. The van der Waals surface area contributed by atoms with Gasteiger partial charge in [-0.1, -0.05) is 0 Å². The molecular formula is C12H25N3O3S. The van der Waals surface area contributed by atoms with Gasteiger partial charge in [-0.15, -0.1) is 0 Å². The second-order valence-corrected chi connectivity index (χ2v) is 7.78. The Bertz CT molecular complexity index is 424. The van der Waals surface area contributed by atoms with Crippen molar-refractivity contribution in [2.75, 3.05) is 31.6 Å². The minimum Gasteiger partial charge on any atom is -0.368 e. The number of likely N-dealkylation sites (N-methyl/N-ethyl adjacent to an activating group) is 1. The van der Waals surface area contributed by atoms with Gasteiger partial charge in [-0.05, 0) is 40.3 Å². The van der Waals surface area contributed by atoms with Crippen molar-refractivity contribution in [1.29, 1.82) is 0 Å². The number of rotatable bonds is 6. The Morgan fingerprint density at radius 1 is 1.53 bits per heavy atom. The first-order chi connectivity index (χ1) is 8.70.